The van der Waals surface area contributed by atoms with Crippen LogP contribution in [0.4, 0.5) is 13.9 Å². The number of aromatic nitrogens is 1. The molecule has 1 aromatic carbocycles. The molecule has 0 spiro atoms. The maximum atomic E-state index is 13.3. The van der Waals surface area contributed by atoms with Crippen LogP contribution in [0, 0.1) is 18.6 Å². The molecule has 1 aliphatic heterocycles. The van der Waals surface area contributed by atoms with Gasteiger partial charge in [0.25, 0.3) is 0 Å². The van der Waals surface area contributed by atoms with Gasteiger partial charge in [-0.2, -0.15) is 0 Å². The summed E-state index contributed by atoms with van der Waals surface area (Å²) in [5, 5.41) is 0.908. The molecular formula is C14H14F2N2OS. The Hall–Kier alpha value is -1.53. The normalized spacial score (nSPS) is 15.7. The van der Waals surface area contributed by atoms with E-state index in [1.165, 1.54) is 6.07 Å². The molecule has 0 atom stereocenters. The fourth-order valence-corrected chi connectivity index (χ4v) is 3.17. The van der Waals surface area contributed by atoms with Crippen LogP contribution in [0.3, 0.4) is 0 Å². The van der Waals surface area contributed by atoms with E-state index in [4.69, 9.17) is 4.74 Å². The zero-order valence-electron chi connectivity index (χ0n) is 11.0. The number of nitrogens with zero attached hydrogens (tertiary/aromatic N) is 2. The first-order valence-corrected chi connectivity index (χ1v) is 7.22. The highest BCUT2D eigenvalue weighted by molar-refractivity contribution is 7.16. The molecule has 0 bridgehead atoms. The van der Waals surface area contributed by atoms with Crippen molar-refractivity contribution in [2.45, 2.75) is 6.92 Å². The molecule has 0 N–H and O–H groups in total. The number of thiazole rings is 1. The van der Waals surface area contributed by atoms with E-state index in [2.05, 4.69) is 9.88 Å². The van der Waals surface area contributed by atoms with Gasteiger partial charge in [-0.25, -0.2) is 13.8 Å². The van der Waals surface area contributed by atoms with Gasteiger partial charge in [-0.15, -0.1) is 11.3 Å². The molecule has 2 aromatic rings. The number of aryl methyl sites for hydroxylation is 1. The Morgan fingerprint density at radius 3 is 2.65 bits per heavy atom. The van der Waals surface area contributed by atoms with Crippen molar-refractivity contribution in [3.63, 3.8) is 0 Å². The third-order valence-corrected chi connectivity index (χ3v) is 4.29. The molecule has 0 amide bonds. The van der Waals surface area contributed by atoms with Crippen molar-refractivity contribution in [2.75, 3.05) is 31.2 Å². The highest BCUT2D eigenvalue weighted by Crippen LogP contribution is 2.33. The summed E-state index contributed by atoms with van der Waals surface area (Å²) in [5.41, 5.74) is 1.33. The highest BCUT2D eigenvalue weighted by atomic mass is 32.1. The molecule has 6 heteroatoms. The lowest BCUT2D eigenvalue weighted by Crippen LogP contribution is -2.36. The van der Waals surface area contributed by atoms with Crippen LogP contribution < -0.4 is 4.90 Å². The molecule has 1 saturated heterocycles. The number of halogens is 2. The fraction of sp³-hybridized carbons (Fsp3) is 0.357. The summed E-state index contributed by atoms with van der Waals surface area (Å²) in [6.45, 7) is 4.95. The second-order valence-electron chi connectivity index (χ2n) is 4.63. The van der Waals surface area contributed by atoms with Crippen molar-refractivity contribution in [3.8, 4) is 11.3 Å². The average Bonchev–Trinajstić information content (AvgIpc) is 2.85. The zero-order valence-corrected chi connectivity index (χ0v) is 11.8. The monoisotopic (exact) mass is 296 g/mol. The van der Waals surface area contributed by atoms with E-state index in [0.717, 1.165) is 34.9 Å². The predicted octanol–water partition coefficient (Wildman–Crippen LogP) is 3.23. The first-order valence-electron chi connectivity index (χ1n) is 6.40. The van der Waals surface area contributed by atoms with Crippen LogP contribution in [-0.2, 0) is 4.74 Å². The summed E-state index contributed by atoms with van der Waals surface area (Å²) < 4.78 is 31.6. The van der Waals surface area contributed by atoms with Crippen LogP contribution in [0.1, 0.15) is 4.88 Å². The Morgan fingerprint density at radius 1 is 1.20 bits per heavy atom. The predicted molar refractivity (Wildman–Crippen MR) is 75.2 cm³/mol. The molecule has 3 rings (SSSR count). The smallest absolute Gasteiger partial charge is 0.186 e. The molecule has 0 aliphatic carbocycles. The summed E-state index contributed by atoms with van der Waals surface area (Å²) in [4.78, 5) is 7.73. The van der Waals surface area contributed by atoms with Gasteiger partial charge in [-0.1, -0.05) is 0 Å². The minimum atomic E-state index is -0.845. The van der Waals surface area contributed by atoms with E-state index in [-0.39, 0.29) is 0 Å². The van der Waals surface area contributed by atoms with E-state index in [0.29, 0.717) is 18.8 Å². The molecule has 2 heterocycles. The van der Waals surface area contributed by atoms with E-state index >= 15 is 0 Å². The first-order chi connectivity index (χ1) is 9.65. The molecule has 3 nitrogen and oxygen atoms in total. The molecular weight excluding hydrogens is 282 g/mol. The van der Waals surface area contributed by atoms with Crippen LogP contribution in [0.25, 0.3) is 11.3 Å². The Kier molecular flexibility index (Phi) is 3.67. The van der Waals surface area contributed by atoms with E-state index in [1.54, 1.807) is 17.4 Å². The van der Waals surface area contributed by atoms with E-state index in [9.17, 15) is 8.78 Å². The zero-order chi connectivity index (χ0) is 14.1. The molecule has 1 aliphatic rings. The summed E-state index contributed by atoms with van der Waals surface area (Å²) in [5.74, 6) is -1.68. The van der Waals surface area contributed by atoms with Gasteiger partial charge < -0.3 is 9.64 Å². The van der Waals surface area contributed by atoms with Crippen molar-refractivity contribution in [1.29, 1.82) is 0 Å². The first kappa shape index (κ1) is 13.5. The molecule has 0 saturated carbocycles. The van der Waals surface area contributed by atoms with Gasteiger partial charge in [0.15, 0.2) is 16.8 Å². The lowest BCUT2D eigenvalue weighted by Gasteiger charge is -2.26. The van der Waals surface area contributed by atoms with Crippen LogP contribution in [0.2, 0.25) is 0 Å². The lowest BCUT2D eigenvalue weighted by molar-refractivity contribution is 0.122. The van der Waals surface area contributed by atoms with Crippen molar-refractivity contribution in [2.24, 2.45) is 0 Å². The molecule has 0 radical (unpaired) electrons. The third kappa shape index (κ3) is 2.53. The average molecular weight is 296 g/mol. The van der Waals surface area contributed by atoms with Gasteiger partial charge in [-0.3, -0.25) is 0 Å². The van der Waals surface area contributed by atoms with Gasteiger partial charge in [0.05, 0.1) is 18.9 Å². The van der Waals surface area contributed by atoms with Crippen molar-refractivity contribution in [3.05, 3.63) is 34.7 Å². The van der Waals surface area contributed by atoms with Crippen molar-refractivity contribution < 1.29 is 13.5 Å². The molecule has 20 heavy (non-hydrogen) atoms. The van der Waals surface area contributed by atoms with Gasteiger partial charge in [-0.05, 0) is 25.1 Å². The maximum Gasteiger partial charge on any atom is 0.186 e. The minimum absolute atomic E-state index is 0.608. The summed E-state index contributed by atoms with van der Waals surface area (Å²) in [6, 6.07) is 3.89. The standard InChI is InChI=1S/C14H14F2N2OS/c1-9-13(10-2-3-11(15)12(16)8-10)17-14(20-9)18-4-6-19-7-5-18/h2-3,8H,4-7H2,1H3. The van der Waals surface area contributed by atoms with Gasteiger partial charge in [0.2, 0.25) is 0 Å². The Bertz CT molecular complexity index is 624. The third-order valence-electron chi connectivity index (χ3n) is 3.26. The van der Waals surface area contributed by atoms with Crippen LogP contribution in [0.15, 0.2) is 18.2 Å². The minimum Gasteiger partial charge on any atom is -0.378 e. The number of hydrogen-bond acceptors (Lipinski definition) is 4. The SMILES string of the molecule is Cc1sc(N2CCOCC2)nc1-c1ccc(F)c(F)c1. The number of rotatable bonds is 2. The molecule has 1 aromatic heterocycles. The Morgan fingerprint density at radius 2 is 1.95 bits per heavy atom. The summed E-state index contributed by atoms with van der Waals surface area (Å²) in [6.07, 6.45) is 0. The number of anilines is 1. The second-order valence-corrected chi connectivity index (χ2v) is 5.81. The number of benzene rings is 1. The summed E-state index contributed by atoms with van der Waals surface area (Å²) >= 11 is 1.57. The second kappa shape index (κ2) is 5.46. The van der Waals surface area contributed by atoms with E-state index in [1.807, 2.05) is 6.92 Å². The van der Waals surface area contributed by atoms with Gasteiger partial charge in [0.1, 0.15) is 0 Å². The number of morpholine rings is 1. The number of ether oxygens (including phenoxy) is 1. The highest BCUT2D eigenvalue weighted by Gasteiger charge is 2.18. The fourth-order valence-electron chi connectivity index (χ4n) is 2.18. The molecule has 106 valence electrons. The van der Waals surface area contributed by atoms with Crippen molar-refractivity contribution in [1.82, 2.24) is 4.98 Å². The van der Waals surface area contributed by atoms with E-state index < -0.39 is 11.6 Å². The van der Waals surface area contributed by atoms with Gasteiger partial charge >= 0.3 is 0 Å². The maximum absolute atomic E-state index is 13.3. The van der Waals surface area contributed by atoms with Gasteiger partial charge in [0, 0.05) is 23.5 Å². The van der Waals surface area contributed by atoms with Crippen LogP contribution in [-0.4, -0.2) is 31.3 Å². The van der Waals surface area contributed by atoms with Crippen molar-refractivity contribution >= 4 is 16.5 Å². The largest absolute Gasteiger partial charge is 0.378 e. The number of hydrogen-bond donors (Lipinski definition) is 0. The van der Waals surface area contributed by atoms with Crippen LogP contribution >= 0.6 is 11.3 Å². The Labute approximate surface area is 119 Å². The topological polar surface area (TPSA) is 25.4 Å². The summed E-state index contributed by atoms with van der Waals surface area (Å²) in [7, 11) is 0. The quantitative estimate of drug-likeness (QED) is 0.851. The lowest BCUT2D eigenvalue weighted by atomic mass is 10.1. The van der Waals surface area contributed by atoms with Crippen LogP contribution in [0.5, 0.6) is 0 Å². The Balaban J connectivity index is 1.93. The molecule has 0 unspecified atom stereocenters. The molecule has 1 fully saturated rings.